The van der Waals surface area contributed by atoms with Gasteiger partial charge in [0.25, 0.3) is 0 Å². The number of nitrogens with zero attached hydrogens (tertiary/aromatic N) is 2. The first-order valence-corrected chi connectivity index (χ1v) is 24.3. The summed E-state index contributed by atoms with van der Waals surface area (Å²) in [5, 5.41) is 10.5. The molecule has 1 atom stereocenters. The van der Waals surface area contributed by atoms with E-state index in [1.165, 1.54) is 49.4 Å². The topological polar surface area (TPSA) is 32.8 Å². The van der Waals surface area contributed by atoms with Crippen molar-refractivity contribution in [2.24, 2.45) is 0 Å². The summed E-state index contributed by atoms with van der Waals surface area (Å²) in [7, 11) is 0. The molecule has 0 saturated carbocycles. The SMILES string of the molecule is Cc1cccc2c1oc1c(N(c3ccc(-c4ccccc4)cc3)c3ccc4ccc5c(N(c6ccc(-c7ccccc7)cc6)c6cccc7c8c(oc67)C(C)CC=C8)ccc6ccc3c4c65)cccc12. The minimum Gasteiger partial charge on any atom is -0.458 e. The predicted octanol–water partition coefficient (Wildman–Crippen LogP) is 19.3. The summed E-state index contributed by atoms with van der Waals surface area (Å²) >= 11 is 0. The van der Waals surface area contributed by atoms with E-state index < -0.39 is 0 Å². The third-order valence-electron chi connectivity index (χ3n) is 14.7. The van der Waals surface area contributed by atoms with Crippen molar-refractivity contribution in [3.63, 3.8) is 0 Å². The average Bonchev–Trinajstić information content (AvgIpc) is 4.01. The Labute approximate surface area is 405 Å². The Kier molecular flexibility index (Phi) is 9.12. The van der Waals surface area contributed by atoms with Gasteiger partial charge in [-0.3, -0.25) is 0 Å². The quantitative estimate of drug-likeness (QED) is 0.142. The Hall–Kier alpha value is -8.86. The van der Waals surface area contributed by atoms with Crippen molar-refractivity contribution in [2.75, 3.05) is 9.80 Å². The van der Waals surface area contributed by atoms with Crippen molar-refractivity contribution in [2.45, 2.75) is 26.2 Å². The summed E-state index contributed by atoms with van der Waals surface area (Å²) < 4.78 is 13.9. The molecule has 0 amide bonds. The van der Waals surface area contributed by atoms with Gasteiger partial charge in [-0.05, 0) is 111 Å². The lowest BCUT2D eigenvalue weighted by atomic mass is 9.91. The van der Waals surface area contributed by atoms with Gasteiger partial charge in [-0.15, -0.1) is 0 Å². The van der Waals surface area contributed by atoms with Gasteiger partial charge in [0.1, 0.15) is 11.3 Å². The minimum absolute atomic E-state index is 0.298. The number of hydrogen-bond acceptors (Lipinski definition) is 4. The summed E-state index contributed by atoms with van der Waals surface area (Å²) in [6.45, 7) is 4.39. The van der Waals surface area contributed by atoms with Gasteiger partial charge in [0.15, 0.2) is 11.2 Å². The maximum Gasteiger partial charge on any atom is 0.159 e. The van der Waals surface area contributed by atoms with E-state index in [4.69, 9.17) is 8.83 Å². The summed E-state index contributed by atoms with van der Waals surface area (Å²) in [5.74, 6) is 1.35. The fraction of sp³-hybridized carbons (Fsp3) is 0.0606. The van der Waals surface area contributed by atoms with E-state index >= 15 is 0 Å². The van der Waals surface area contributed by atoms with Crippen molar-refractivity contribution in [3.05, 3.63) is 235 Å². The number of fused-ring (bicyclic) bond motifs is 6. The van der Waals surface area contributed by atoms with Crippen LogP contribution in [0.3, 0.4) is 0 Å². The third-order valence-corrected chi connectivity index (χ3v) is 14.7. The molecular weight excluding hydrogens is 853 g/mol. The number of rotatable bonds is 8. The lowest BCUT2D eigenvalue weighted by molar-refractivity contribution is 0.504. The molecule has 2 heterocycles. The highest BCUT2D eigenvalue weighted by atomic mass is 16.3. The van der Waals surface area contributed by atoms with Crippen molar-refractivity contribution in [1.82, 2.24) is 0 Å². The van der Waals surface area contributed by atoms with Gasteiger partial charge in [-0.2, -0.15) is 0 Å². The van der Waals surface area contributed by atoms with Crippen LogP contribution in [0.2, 0.25) is 0 Å². The van der Waals surface area contributed by atoms with E-state index in [0.29, 0.717) is 5.92 Å². The minimum atomic E-state index is 0.298. The molecule has 1 unspecified atom stereocenters. The lowest BCUT2D eigenvalue weighted by Crippen LogP contribution is -2.12. The van der Waals surface area contributed by atoms with Crippen LogP contribution in [0.5, 0.6) is 0 Å². The van der Waals surface area contributed by atoms with Crippen molar-refractivity contribution in [3.8, 4) is 22.3 Å². The summed E-state index contributed by atoms with van der Waals surface area (Å²) in [5.41, 5.74) is 15.9. The molecule has 0 radical (unpaired) electrons. The Morgan fingerprint density at radius 1 is 0.386 bits per heavy atom. The fourth-order valence-corrected chi connectivity index (χ4v) is 11.3. The Balaban J connectivity index is 1.00. The number of anilines is 6. The van der Waals surface area contributed by atoms with Gasteiger partial charge in [0, 0.05) is 49.8 Å². The van der Waals surface area contributed by atoms with Gasteiger partial charge in [0.05, 0.1) is 22.7 Å². The third kappa shape index (κ3) is 6.23. The summed E-state index contributed by atoms with van der Waals surface area (Å²) in [4.78, 5) is 4.81. The molecule has 0 aliphatic heterocycles. The number of para-hydroxylation sites is 3. The Morgan fingerprint density at radius 2 is 0.857 bits per heavy atom. The molecule has 11 aromatic carbocycles. The molecule has 4 nitrogen and oxygen atoms in total. The normalized spacial score (nSPS) is 13.6. The van der Waals surface area contributed by atoms with Crippen LogP contribution >= 0.6 is 0 Å². The van der Waals surface area contributed by atoms with Crippen LogP contribution in [0.4, 0.5) is 34.1 Å². The molecule has 0 spiro atoms. The second-order valence-electron chi connectivity index (χ2n) is 18.9. The molecule has 14 rings (SSSR count). The molecule has 0 saturated heterocycles. The maximum atomic E-state index is 6.98. The predicted molar refractivity (Wildman–Crippen MR) is 294 cm³/mol. The summed E-state index contributed by atoms with van der Waals surface area (Å²) in [6.07, 6.45) is 5.49. The second kappa shape index (κ2) is 15.9. The van der Waals surface area contributed by atoms with Crippen LogP contribution in [-0.4, -0.2) is 0 Å². The van der Waals surface area contributed by atoms with E-state index in [1.807, 2.05) is 0 Å². The monoisotopic (exact) mass is 898 g/mol. The van der Waals surface area contributed by atoms with Crippen LogP contribution in [-0.2, 0) is 0 Å². The summed E-state index contributed by atoms with van der Waals surface area (Å²) in [6, 6.07) is 77.1. The van der Waals surface area contributed by atoms with Crippen molar-refractivity contribution >= 4 is 105 Å². The van der Waals surface area contributed by atoms with E-state index in [0.717, 1.165) is 95.5 Å². The zero-order valence-electron chi connectivity index (χ0n) is 38.9. The van der Waals surface area contributed by atoms with E-state index in [-0.39, 0.29) is 0 Å². The standard InChI is InChI=1S/C66H46N2O2/c1-41-13-9-19-51-53-21-11-23-59(65(53)69-63(41)51)67(49-33-25-45(26-34-49)43-15-5-3-6-16-43)57-39-31-47-30-38-56-58(40-32-48-29-37-55(57)61(47)62(48)56)68(50-35-27-46(28-36-50)44-17-7-4-8-18-44)60-24-12-22-54-52-20-10-14-42(2)64(52)70-66(54)60/h3-13,15-40,42H,14H2,1-2H3. The molecular formula is C66H46N2O2. The molecule has 0 fully saturated rings. The van der Waals surface area contributed by atoms with Crippen molar-refractivity contribution < 1.29 is 8.83 Å². The maximum absolute atomic E-state index is 6.98. The molecule has 13 aromatic rings. The number of furan rings is 2. The molecule has 70 heavy (non-hydrogen) atoms. The molecule has 2 aromatic heterocycles. The Morgan fingerprint density at radius 3 is 1.41 bits per heavy atom. The van der Waals surface area contributed by atoms with Crippen molar-refractivity contribution in [1.29, 1.82) is 0 Å². The van der Waals surface area contributed by atoms with Gasteiger partial charge in [-0.25, -0.2) is 0 Å². The number of aryl methyl sites for hydroxylation is 1. The molecule has 0 N–H and O–H groups in total. The number of benzene rings is 11. The zero-order chi connectivity index (χ0) is 46.5. The first kappa shape index (κ1) is 40.2. The van der Waals surface area contributed by atoms with Crippen LogP contribution in [0.15, 0.2) is 227 Å². The highest BCUT2D eigenvalue weighted by molar-refractivity contribution is 6.28. The van der Waals surface area contributed by atoms with E-state index in [2.05, 4.69) is 248 Å². The number of allylic oxidation sites excluding steroid dienone is 1. The first-order chi connectivity index (χ1) is 34.6. The smallest absolute Gasteiger partial charge is 0.159 e. The molecule has 0 bridgehead atoms. The highest BCUT2D eigenvalue weighted by Gasteiger charge is 2.28. The molecule has 4 heteroatoms. The van der Waals surface area contributed by atoms with E-state index in [9.17, 15) is 0 Å². The molecule has 1 aliphatic carbocycles. The zero-order valence-corrected chi connectivity index (χ0v) is 38.9. The van der Waals surface area contributed by atoms with Crippen LogP contribution in [0.1, 0.15) is 36.1 Å². The van der Waals surface area contributed by atoms with Gasteiger partial charge >= 0.3 is 0 Å². The average molecular weight is 899 g/mol. The van der Waals surface area contributed by atoms with Crippen LogP contribution in [0, 0.1) is 6.92 Å². The number of hydrogen-bond donors (Lipinski definition) is 0. The van der Waals surface area contributed by atoms with E-state index in [1.54, 1.807) is 0 Å². The Bertz CT molecular complexity index is 4160. The second-order valence-corrected chi connectivity index (χ2v) is 18.9. The van der Waals surface area contributed by atoms with Crippen LogP contribution < -0.4 is 9.80 Å². The van der Waals surface area contributed by atoms with Gasteiger partial charge in [0.2, 0.25) is 0 Å². The van der Waals surface area contributed by atoms with Gasteiger partial charge < -0.3 is 18.6 Å². The first-order valence-electron chi connectivity index (χ1n) is 24.3. The van der Waals surface area contributed by atoms with Crippen LogP contribution in [0.25, 0.3) is 93.6 Å². The largest absolute Gasteiger partial charge is 0.458 e. The lowest BCUT2D eigenvalue weighted by Gasteiger charge is -2.29. The fourth-order valence-electron chi connectivity index (χ4n) is 11.3. The van der Waals surface area contributed by atoms with Gasteiger partial charge in [-0.1, -0.05) is 183 Å². The molecule has 332 valence electrons. The molecule has 1 aliphatic rings. The highest BCUT2D eigenvalue weighted by Crippen LogP contribution is 2.51.